The molecule has 6 heteroatoms. The minimum atomic E-state index is -0.287. The molecular weight excluding hydrogens is 361 g/mol. The third-order valence-corrected chi connectivity index (χ3v) is 4.39. The van der Waals surface area contributed by atoms with Crippen LogP contribution in [0.1, 0.15) is 18.9 Å². The minimum absolute atomic E-state index is 0.287. The van der Waals surface area contributed by atoms with Crippen LogP contribution in [0.3, 0.4) is 0 Å². The first-order valence-corrected chi connectivity index (χ1v) is 8.24. The van der Waals surface area contributed by atoms with Crippen molar-refractivity contribution in [1.82, 2.24) is 0 Å². The Morgan fingerprint density at radius 2 is 2.00 bits per heavy atom. The number of ether oxygens (including phenoxy) is 1. The summed E-state index contributed by atoms with van der Waals surface area (Å²) in [6, 6.07) is 8.45. The SMILES string of the molecule is CCCNc1c(OC)cc(CNc2ccccc2F)c(Br)c1N. The average molecular weight is 382 g/mol. The van der Waals surface area contributed by atoms with Crippen molar-refractivity contribution in [3.63, 3.8) is 0 Å². The summed E-state index contributed by atoms with van der Waals surface area (Å²) >= 11 is 3.52. The molecule has 0 bridgehead atoms. The summed E-state index contributed by atoms with van der Waals surface area (Å²) in [5, 5.41) is 6.35. The number of para-hydroxylation sites is 1. The quantitative estimate of drug-likeness (QED) is 0.612. The largest absolute Gasteiger partial charge is 0.494 e. The van der Waals surface area contributed by atoms with Crippen molar-refractivity contribution >= 4 is 33.0 Å². The third-order valence-electron chi connectivity index (χ3n) is 3.45. The lowest BCUT2D eigenvalue weighted by Gasteiger charge is -2.18. The number of nitrogens with two attached hydrogens (primary N) is 1. The molecule has 0 saturated carbocycles. The van der Waals surface area contributed by atoms with Crippen molar-refractivity contribution in [1.29, 1.82) is 0 Å². The summed E-state index contributed by atoms with van der Waals surface area (Å²) in [4.78, 5) is 0. The van der Waals surface area contributed by atoms with Crippen molar-refractivity contribution in [2.75, 3.05) is 30.0 Å². The second kappa shape index (κ2) is 8.06. The number of rotatable bonds is 7. The standard InChI is InChI=1S/C17H21BrFN3O/c1-3-8-21-17-14(23-2)9-11(15(18)16(17)20)10-22-13-7-5-4-6-12(13)19/h4-7,9,21-22H,3,8,10,20H2,1-2H3. The number of halogens is 2. The van der Waals surface area contributed by atoms with E-state index >= 15 is 0 Å². The van der Waals surface area contributed by atoms with Crippen LogP contribution in [0, 0.1) is 5.82 Å². The Kier molecular flexibility index (Phi) is 6.10. The molecule has 0 radical (unpaired) electrons. The number of anilines is 3. The van der Waals surface area contributed by atoms with E-state index in [1.54, 1.807) is 25.3 Å². The van der Waals surface area contributed by atoms with E-state index < -0.39 is 0 Å². The molecule has 124 valence electrons. The van der Waals surface area contributed by atoms with Gasteiger partial charge < -0.3 is 21.1 Å². The third kappa shape index (κ3) is 4.07. The molecule has 0 unspecified atom stereocenters. The molecule has 4 nitrogen and oxygen atoms in total. The van der Waals surface area contributed by atoms with Gasteiger partial charge in [0.05, 0.1) is 18.5 Å². The summed E-state index contributed by atoms with van der Waals surface area (Å²) in [5.74, 6) is 0.384. The van der Waals surface area contributed by atoms with Gasteiger partial charge in [0.15, 0.2) is 0 Å². The van der Waals surface area contributed by atoms with Crippen LogP contribution in [-0.4, -0.2) is 13.7 Å². The molecule has 0 amide bonds. The van der Waals surface area contributed by atoms with Gasteiger partial charge in [0.2, 0.25) is 0 Å². The van der Waals surface area contributed by atoms with Gasteiger partial charge in [-0.05, 0) is 46.1 Å². The molecular formula is C17H21BrFN3O. The molecule has 0 aliphatic heterocycles. The van der Waals surface area contributed by atoms with Crippen LogP contribution in [0.4, 0.5) is 21.5 Å². The molecule has 0 heterocycles. The van der Waals surface area contributed by atoms with E-state index in [-0.39, 0.29) is 5.82 Å². The van der Waals surface area contributed by atoms with Crippen LogP contribution in [0.5, 0.6) is 5.75 Å². The Hall–Kier alpha value is -1.95. The first-order chi connectivity index (χ1) is 11.1. The van der Waals surface area contributed by atoms with Crippen LogP contribution in [0.2, 0.25) is 0 Å². The Balaban J connectivity index is 2.25. The van der Waals surface area contributed by atoms with Gasteiger partial charge in [0.25, 0.3) is 0 Å². The minimum Gasteiger partial charge on any atom is -0.494 e. The highest BCUT2D eigenvalue weighted by atomic mass is 79.9. The molecule has 0 saturated heterocycles. The molecule has 0 aliphatic carbocycles. The van der Waals surface area contributed by atoms with Gasteiger partial charge in [-0.25, -0.2) is 4.39 Å². The van der Waals surface area contributed by atoms with Crippen LogP contribution < -0.4 is 21.1 Å². The summed E-state index contributed by atoms with van der Waals surface area (Å²) in [5.41, 5.74) is 8.91. The maximum Gasteiger partial charge on any atom is 0.146 e. The maximum atomic E-state index is 13.7. The van der Waals surface area contributed by atoms with Crippen molar-refractivity contribution < 1.29 is 9.13 Å². The average Bonchev–Trinajstić information content (AvgIpc) is 2.56. The molecule has 4 N–H and O–H groups in total. The van der Waals surface area contributed by atoms with Crippen LogP contribution in [0.15, 0.2) is 34.8 Å². The van der Waals surface area contributed by atoms with E-state index in [2.05, 4.69) is 33.5 Å². The lowest BCUT2D eigenvalue weighted by Crippen LogP contribution is -2.09. The molecule has 0 aromatic heterocycles. The Bertz CT molecular complexity index is 679. The number of methoxy groups -OCH3 is 1. The van der Waals surface area contributed by atoms with E-state index in [1.165, 1.54) is 6.07 Å². The second-order valence-corrected chi connectivity index (χ2v) is 5.89. The Morgan fingerprint density at radius 1 is 1.26 bits per heavy atom. The van der Waals surface area contributed by atoms with Gasteiger partial charge in [-0.15, -0.1) is 0 Å². The predicted molar refractivity (Wildman–Crippen MR) is 97.6 cm³/mol. The maximum absolute atomic E-state index is 13.7. The zero-order valence-corrected chi connectivity index (χ0v) is 14.8. The van der Waals surface area contributed by atoms with Crippen LogP contribution in [-0.2, 0) is 6.54 Å². The monoisotopic (exact) mass is 381 g/mol. The van der Waals surface area contributed by atoms with Gasteiger partial charge in [0.1, 0.15) is 17.3 Å². The number of nitrogens with one attached hydrogen (secondary N) is 2. The normalized spacial score (nSPS) is 10.4. The summed E-state index contributed by atoms with van der Waals surface area (Å²) < 4.78 is 19.9. The fourth-order valence-corrected chi connectivity index (χ4v) is 2.68. The van der Waals surface area contributed by atoms with Gasteiger partial charge >= 0.3 is 0 Å². The van der Waals surface area contributed by atoms with E-state index in [4.69, 9.17) is 10.5 Å². The fourth-order valence-electron chi connectivity index (χ4n) is 2.23. The van der Waals surface area contributed by atoms with Crippen LogP contribution in [0.25, 0.3) is 0 Å². The highest BCUT2D eigenvalue weighted by Crippen LogP contribution is 2.39. The van der Waals surface area contributed by atoms with Crippen molar-refractivity contribution in [2.24, 2.45) is 0 Å². The molecule has 2 aromatic carbocycles. The second-order valence-electron chi connectivity index (χ2n) is 5.10. The fraction of sp³-hybridized carbons (Fsp3) is 0.294. The number of hydrogen-bond acceptors (Lipinski definition) is 4. The van der Waals surface area contributed by atoms with Crippen molar-refractivity contribution in [3.05, 3.63) is 46.2 Å². The molecule has 0 atom stereocenters. The molecule has 23 heavy (non-hydrogen) atoms. The molecule has 2 rings (SSSR count). The topological polar surface area (TPSA) is 59.3 Å². The van der Waals surface area contributed by atoms with E-state index in [9.17, 15) is 4.39 Å². The van der Waals surface area contributed by atoms with Gasteiger partial charge in [-0.3, -0.25) is 0 Å². The summed E-state index contributed by atoms with van der Waals surface area (Å²) in [6.45, 7) is 3.31. The predicted octanol–water partition coefficient (Wildman–Crippen LogP) is 4.61. The molecule has 0 fully saturated rings. The first kappa shape index (κ1) is 17.4. The highest BCUT2D eigenvalue weighted by molar-refractivity contribution is 9.10. The zero-order valence-electron chi connectivity index (χ0n) is 13.2. The Labute approximate surface area is 144 Å². The number of hydrogen-bond donors (Lipinski definition) is 3. The first-order valence-electron chi connectivity index (χ1n) is 7.45. The number of nitrogen functional groups attached to an aromatic ring is 1. The van der Waals surface area contributed by atoms with Crippen molar-refractivity contribution in [2.45, 2.75) is 19.9 Å². The lowest BCUT2D eigenvalue weighted by atomic mass is 10.1. The zero-order chi connectivity index (χ0) is 16.8. The van der Waals surface area contributed by atoms with E-state index in [1.807, 2.05) is 6.07 Å². The highest BCUT2D eigenvalue weighted by Gasteiger charge is 2.15. The van der Waals surface area contributed by atoms with E-state index in [0.717, 1.165) is 28.7 Å². The smallest absolute Gasteiger partial charge is 0.146 e. The van der Waals surface area contributed by atoms with Gasteiger partial charge in [-0.1, -0.05) is 19.1 Å². The van der Waals surface area contributed by atoms with Gasteiger partial charge in [-0.2, -0.15) is 0 Å². The van der Waals surface area contributed by atoms with Gasteiger partial charge in [0, 0.05) is 17.6 Å². The number of benzene rings is 2. The Morgan fingerprint density at radius 3 is 2.65 bits per heavy atom. The van der Waals surface area contributed by atoms with Crippen LogP contribution >= 0.6 is 15.9 Å². The molecule has 2 aromatic rings. The lowest BCUT2D eigenvalue weighted by molar-refractivity contribution is 0.416. The molecule has 0 aliphatic rings. The van der Waals surface area contributed by atoms with Crippen molar-refractivity contribution in [3.8, 4) is 5.75 Å². The summed E-state index contributed by atoms with van der Waals surface area (Å²) in [7, 11) is 1.61. The summed E-state index contributed by atoms with van der Waals surface area (Å²) in [6.07, 6.45) is 0.983. The molecule has 0 spiro atoms. The van der Waals surface area contributed by atoms with E-state index in [0.29, 0.717) is 23.7 Å².